The lowest BCUT2D eigenvalue weighted by atomic mass is 10.0. The summed E-state index contributed by atoms with van der Waals surface area (Å²) in [6.45, 7) is 5.34. The smallest absolute Gasteiger partial charge is 0.442 e. The van der Waals surface area contributed by atoms with Gasteiger partial charge in [0.2, 0.25) is 0 Å². The van der Waals surface area contributed by atoms with Gasteiger partial charge in [0, 0.05) is 0 Å². The molecule has 1 aromatic carbocycles. The van der Waals surface area contributed by atoms with Crippen molar-refractivity contribution in [2.45, 2.75) is 51.7 Å². The third-order valence-electron chi connectivity index (χ3n) is 3.12. The van der Waals surface area contributed by atoms with Gasteiger partial charge in [0.05, 0.1) is 12.5 Å². The predicted molar refractivity (Wildman–Crippen MR) is 77.3 cm³/mol. The largest absolute Gasteiger partial charge is 0.444 e. The molecule has 1 atom stereocenters. The average Bonchev–Trinajstić information content (AvgIpc) is 2.77. The molecule has 114 valence electrons. The number of rotatable bonds is 3. The number of amides is 1. The Balaban J connectivity index is 1.97. The lowest BCUT2D eigenvalue weighted by Crippen LogP contribution is -2.39. The first-order valence-electron chi connectivity index (χ1n) is 7.12. The molecule has 1 unspecified atom stereocenters. The molecule has 0 N–H and O–H groups in total. The highest BCUT2D eigenvalue weighted by Crippen LogP contribution is 2.23. The fraction of sp³-hybridized carbons (Fsp3) is 0.500. The van der Waals surface area contributed by atoms with Crippen molar-refractivity contribution < 1.29 is 19.2 Å². The van der Waals surface area contributed by atoms with Gasteiger partial charge in [0.25, 0.3) is 0 Å². The van der Waals surface area contributed by atoms with Crippen molar-refractivity contribution in [3.8, 4) is 0 Å². The van der Waals surface area contributed by atoms with E-state index in [1.165, 1.54) is 5.56 Å². The summed E-state index contributed by atoms with van der Waals surface area (Å²) in [5, 5.41) is 1.08. The molecule has 5 nitrogen and oxygen atoms in total. The van der Waals surface area contributed by atoms with Gasteiger partial charge in [-0.15, -0.1) is 5.06 Å². The Bertz CT molecular complexity index is 507. The fourth-order valence-electron chi connectivity index (χ4n) is 2.19. The van der Waals surface area contributed by atoms with Crippen LogP contribution in [0.15, 0.2) is 30.3 Å². The number of aryl methyl sites for hydroxylation is 1. The Labute approximate surface area is 124 Å². The zero-order chi connectivity index (χ0) is 15.5. The van der Waals surface area contributed by atoms with E-state index in [-0.39, 0.29) is 18.4 Å². The highest BCUT2D eigenvalue weighted by Gasteiger charge is 2.38. The highest BCUT2D eigenvalue weighted by molar-refractivity contribution is 5.77. The van der Waals surface area contributed by atoms with Gasteiger partial charge in [-0.3, -0.25) is 0 Å². The maximum Gasteiger partial charge on any atom is 0.444 e. The van der Waals surface area contributed by atoms with Gasteiger partial charge < -0.3 is 9.57 Å². The van der Waals surface area contributed by atoms with E-state index in [1.54, 1.807) is 20.8 Å². The van der Waals surface area contributed by atoms with E-state index in [9.17, 15) is 9.59 Å². The zero-order valence-corrected chi connectivity index (χ0v) is 12.7. The molecule has 21 heavy (non-hydrogen) atoms. The minimum Gasteiger partial charge on any atom is -0.442 e. The van der Waals surface area contributed by atoms with Crippen molar-refractivity contribution in [2.75, 3.05) is 0 Å². The number of hydroxylamine groups is 2. The molecule has 0 spiro atoms. The highest BCUT2D eigenvalue weighted by atomic mass is 16.8. The van der Waals surface area contributed by atoms with Crippen LogP contribution in [0.5, 0.6) is 0 Å². The summed E-state index contributed by atoms with van der Waals surface area (Å²) >= 11 is 0. The Morgan fingerprint density at radius 1 is 1.33 bits per heavy atom. The Morgan fingerprint density at radius 3 is 2.62 bits per heavy atom. The van der Waals surface area contributed by atoms with Crippen molar-refractivity contribution in [3.05, 3.63) is 35.9 Å². The molecule has 1 amide bonds. The van der Waals surface area contributed by atoms with E-state index in [0.717, 1.165) is 11.5 Å². The van der Waals surface area contributed by atoms with Crippen LogP contribution >= 0.6 is 0 Å². The molecule has 0 radical (unpaired) electrons. The summed E-state index contributed by atoms with van der Waals surface area (Å²) in [5.74, 6) is -0.390. The molecule has 0 aromatic heterocycles. The number of nitrogens with zero attached hydrogens (tertiary/aromatic N) is 1. The second kappa shape index (κ2) is 6.16. The first kappa shape index (κ1) is 15.4. The number of carbonyl (C=O) groups excluding carboxylic acids is 2. The van der Waals surface area contributed by atoms with E-state index >= 15 is 0 Å². The van der Waals surface area contributed by atoms with E-state index < -0.39 is 11.7 Å². The number of ether oxygens (including phenoxy) is 1. The predicted octanol–water partition coefficient (Wildman–Crippen LogP) is 3.09. The quantitative estimate of drug-likeness (QED) is 0.858. The van der Waals surface area contributed by atoms with Crippen molar-refractivity contribution in [3.63, 3.8) is 0 Å². The summed E-state index contributed by atoms with van der Waals surface area (Å²) in [6, 6.07) is 9.67. The molecule has 0 bridgehead atoms. The lowest BCUT2D eigenvalue weighted by Gasteiger charge is -2.26. The summed E-state index contributed by atoms with van der Waals surface area (Å²) in [7, 11) is 0. The van der Waals surface area contributed by atoms with Crippen molar-refractivity contribution in [1.82, 2.24) is 5.06 Å². The second-order valence-corrected chi connectivity index (χ2v) is 6.15. The van der Waals surface area contributed by atoms with Crippen molar-refractivity contribution >= 4 is 12.1 Å². The van der Waals surface area contributed by atoms with Crippen LogP contribution in [0.4, 0.5) is 4.79 Å². The van der Waals surface area contributed by atoms with Gasteiger partial charge in [-0.25, -0.2) is 9.59 Å². The van der Waals surface area contributed by atoms with E-state index in [1.807, 2.05) is 30.3 Å². The van der Waals surface area contributed by atoms with Crippen LogP contribution in [0.2, 0.25) is 0 Å². The summed E-state index contributed by atoms with van der Waals surface area (Å²) < 4.78 is 5.26. The molecule has 1 aliphatic heterocycles. The molecule has 0 saturated carbocycles. The molecular formula is C16H21NO4. The summed E-state index contributed by atoms with van der Waals surface area (Å²) in [5.41, 5.74) is 0.553. The van der Waals surface area contributed by atoms with E-state index in [0.29, 0.717) is 6.42 Å². The summed E-state index contributed by atoms with van der Waals surface area (Å²) in [4.78, 5) is 28.5. The SMILES string of the molecule is CC(C)(C)OC(=O)N1OC(=O)CC1CCc1ccccc1. The average molecular weight is 291 g/mol. The zero-order valence-electron chi connectivity index (χ0n) is 12.7. The van der Waals surface area contributed by atoms with E-state index in [2.05, 4.69) is 0 Å². The Hall–Kier alpha value is -2.04. The van der Waals surface area contributed by atoms with Crippen LogP contribution in [0.3, 0.4) is 0 Å². The van der Waals surface area contributed by atoms with Crippen LogP contribution in [0, 0.1) is 0 Å². The van der Waals surface area contributed by atoms with Crippen LogP contribution in [-0.2, 0) is 20.8 Å². The molecule has 1 aliphatic rings. The molecule has 2 rings (SSSR count). The molecule has 0 aliphatic carbocycles. The van der Waals surface area contributed by atoms with Gasteiger partial charge in [0.1, 0.15) is 5.60 Å². The lowest BCUT2D eigenvalue weighted by molar-refractivity contribution is -0.170. The first-order chi connectivity index (χ1) is 9.85. The topological polar surface area (TPSA) is 55.8 Å². The fourth-order valence-corrected chi connectivity index (χ4v) is 2.19. The maximum absolute atomic E-state index is 12.1. The van der Waals surface area contributed by atoms with Gasteiger partial charge in [0.15, 0.2) is 0 Å². The van der Waals surface area contributed by atoms with Crippen LogP contribution < -0.4 is 0 Å². The second-order valence-electron chi connectivity index (χ2n) is 6.15. The molecule has 1 saturated heterocycles. The number of benzene rings is 1. The van der Waals surface area contributed by atoms with Crippen LogP contribution in [0.25, 0.3) is 0 Å². The third-order valence-corrected chi connectivity index (χ3v) is 3.12. The summed E-state index contributed by atoms with van der Waals surface area (Å²) in [6.07, 6.45) is 1.05. The number of hydrogen-bond acceptors (Lipinski definition) is 4. The minimum atomic E-state index is -0.615. The molecule has 5 heteroatoms. The molecule has 1 fully saturated rings. The van der Waals surface area contributed by atoms with E-state index in [4.69, 9.17) is 9.57 Å². The Morgan fingerprint density at radius 2 is 2.00 bits per heavy atom. The normalized spacial score (nSPS) is 18.5. The minimum absolute atomic E-state index is 0.214. The monoisotopic (exact) mass is 291 g/mol. The third kappa shape index (κ3) is 4.48. The molecular weight excluding hydrogens is 270 g/mol. The van der Waals surface area contributed by atoms with Crippen molar-refractivity contribution in [1.29, 1.82) is 0 Å². The van der Waals surface area contributed by atoms with Crippen molar-refractivity contribution in [2.24, 2.45) is 0 Å². The van der Waals surface area contributed by atoms with Gasteiger partial charge in [-0.05, 0) is 39.2 Å². The van der Waals surface area contributed by atoms with Gasteiger partial charge in [-0.1, -0.05) is 30.3 Å². The van der Waals surface area contributed by atoms with Crippen LogP contribution in [0.1, 0.15) is 39.2 Å². The van der Waals surface area contributed by atoms with Gasteiger partial charge in [-0.2, -0.15) is 0 Å². The molecule has 1 heterocycles. The number of carbonyl (C=O) groups is 2. The standard InChI is InChI=1S/C16H21NO4/c1-16(2,3)20-15(19)17-13(11-14(18)21-17)10-9-12-7-5-4-6-8-12/h4-8,13H,9-11H2,1-3H3. The van der Waals surface area contributed by atoms with Crippen LogP contribution in [-0.4, -0.2) is 28.8 Å². The number of hydrogen-bond donors (Lipinski definition) is 0. The first-order valence-corrected chi connectivity index (χ1v) is 7.12. The Kier molecular flexibility index (Phi) is 4.50. The van der Waals surface area contributed by atoms with Gasteiger partial charge >= 0.3 is 12.1 Å². The molecule has 1 aromatic rings. The maximum atomic E-state index is 12.1.